The van der Waals surface area contributed by atoms with Crippen LogP contribution in [0.4, 0.5) is 0 Å². The van der Waals surface area contributed by atoms with Crippen molar-refractivity contribution in [3.8, 4) is 0 Å². The van der Waals surface area contributed by atoms with E-state index in [0.717, 1.165) is 10.3 Å². The van der Waals surface area contributed by atoms with Gasteiger partial charge >= 0.3 is 0 Å². The van der Waals surface area contributed by atoms with Crippen molar-refractivity contribution in [1.29, 1.82) is 0 Å². The molecule has 8 heteroatoms. The Bertz CT molecular complexity index is 230. The summed E-state index contributed by atoms with van der Waals surface area (Å²) in [6, 6.07) is 0. The smallest absolute Gasteiger partial charge is 0.111 e. The quantitative estimate of drug-likeness (QED) is 0.491. The molecule has 0 saturated carbocycles. The Hall–Kier alpha value is -1.28. The topological polar surface area (TPSA) is 83.8 Å². The van der Waals surface area contributed by atoms with Gasteiger partial charge in [-0.15, -0.1) is 20.2 Å². The van der Waals surface area contributed by atoms with E-state index >= 15 is 0 Å². The van der Waals surface area contributed by atoms with E-state index in [1.165, 1.54) is 14.2 Å². The summed E-state index contributed by atoms with van der Waals surface area (Å²) in [5.41, 5.74) is -1.85. The van der Waals surface area contributed by atoms with E-state index in [1.807, 2.05) is 0 Å². The molecule has 94 valence electrons. The fraction of sp³-hybridized carbons (Fsp3) is 1.00. The molecule has 0 fully saturated rings. The second-order valence-corrected chi connectivity index (χ2v) is 4.19. The van der Waals surface area contributed by atoms with Gasteiger partial charge in [0.2, 0.25) is 0 Å². The maximum Gasteiger partial charge on any atom is 0.111 e. The highest BCUT2D eigenvalue weighted by Gasteiger charge is 2.49. The molecule has 16 heavy (non-hydrogen) atoms. The van der Waals surface area contributed by atoms with Crippen LogP contribution in [-0.2, 0) is 9.68 Å². The molecule has 0 unspecified atom stereocenters. The lowest BCUT2D eigenvalue weighted by atomic mass is 9.83. The largest absolute Gasteiger partial charge is 0.257 e. The van der Waals surface area contributed by atoms with Crippen LogP contribution in [0.1, 0.15) is 27.7 Å². The fourth-order valence-corrected chi connectivity index (χ4v) is 1.20. The van der Waals surface area contributed by atoms with Crippen molar-refractivity contribution in [2.24, 2.45) is 10.6 Å². The maximum absolute atomic E-state index is 10.6. The number of nitroso groups, excluding NO2 is 2. The van der Waals surface area contributed by atoms with Crippen molar-refractivity contribution in [3.05, 3.63) is 9.81 Å². The summed E-state index contributed by atoms with van der Waals surface area (Å²) < 4.78 is 0. The SMILES string of the molecule is CON(N=O)C(C)(C)C(C)(C)N(N=O)OC. The zero-order chi connectivity index (χ0) is 13.0. The van der Waals surface area contributed by atoms with Crippen molar-refractivity contribution in [2.45, 2.75) is 38.8 Å². The van der Waals surface area contributed by atoms with Crippen LogP contribution >= 0.6 is 0 Å². The highest BCUT2D eigenvalue weighted by molar-refractivity contribution is 4.97. The van der Waals surface area contributed by atoms with E-state index in [0.29, 0.717) is 0 Å². The molecule has 0 bridgehead atoms. The van der Waals surface area contributed by atoms with Crippen LogP contribution in [0.2, 0.25) is 0 Å². The molecular weight excluding hydrogens is 216 g/mol. The number of hydrogen-bond donors (Lipinski definition) is 0. The van der Waals surface area contributed by atoms with Crippen molar-refractivity contribution in [3.63, 3.8) is 0 Å². The zero-order valence-corrected chi connectivity index (χ0v) is 10.4. The molecule has 0 aromatic carbocycles. The van der Waals surface area contributed by atoms with Crippen LogP contribution < -0.4 is 0 Å². The molecular formula is C8H18N4O4. The van der Waals surface area contributed by atoms with Gasteiger partial charge in [0.25, 0.3) is 0 Å². The molecule has 0 radical (unpaired) electrons. The molecule has 0 N–H and O–H groups in total. The minimum Gasteiger partial charge on any atom is -0.257 e. The Morgan fingerprint density at radius 3 is 1.19 bits per heavy atom. The third-order valence-electron chi connectivity index (χ3n) is 2.95. The Morgan fingerprint density at radius 1 is 0.812 bits per heavy atom. The average Bonchev–Trinajstić information content (AvgIpc) is 2.20. The van der Waals surface area contributed by atoms with E-state index < -0.39 is 11.1 Å². The van der Waals surface area contributed by atoms with Crippen LogP contribution in [0.5, 0.6) is 0 Å². The zero-order valence-electron chi connectivity index (χ0n) is 10.4. The molecule has 0 aromatic heterocycles. The van der Waals surface area contributed by atoms with Gasteiger partial charge in [0.1, 0.15) is 11.1 Å². The highest BCUT2D eigenvalue weighted by atomic mass is 16.7. The first-order valence-electron chi connectivity index (χ1n) is 4.64. The van der Waals surface area contributed by atoms with Gasteiger partial charge < -0.3 is 0 Å². The lowest BCUT2D eigenvalue weighted by molar-refractivity contribution is -0.282. The summed E-state index contributed by atoms with van der Waals surface area (Å²) in [5, 5.41) is 7.16. The predicted molar refractivity (Wildman–Crippen MR) is 57.4 cm³/mol. The molecule has 0 atom stereocenters. The van der Waals surface area contributed by atoms with E-state index in [2.05, 4.69) is 10.6 Å². The van der Waals surface area contributed by atoms with Crippen LogP contribution in [0, 0.1) is 9.81 Å². The molecule has 0 aliphatic rings. The van der Waals surface area contributed by atoms with Gasteiger partial charge in [0, 0.05) is 0 Å². The summed E-state index contributed by atoms with van der Waals surface area (Å²) in [4.78, 5) is 30.9. The first-order chi connectivity index (χ1) is 7.29. The molecule has 0 spiro atoms. The normalized spacial score (nSPS) is 12.1. The summed E-state index contributed by atoms with van der Waals surface area (Å²) in [6.45, 7) is 6.70. The van der Waals surface area contributed by atoms with Crippen LogP contribution in [0.25, 0.3) is 0 Å². The number of nitrogens with zero attached hydrogens (tertiary/aromatic N) is 4. The monoisotopic (exact) mass is 234 g/mol. The fourth-order valence-electron chi connectivity index (χ4n) is 1.20. The number of hydrogen-bond acceptors (Lipinski definition) is 6. The summed E-state index contributed by atoms with van der Waals surface area (Å²) >= 11 is 0. The van der Waals surface area contributed by atoms with E-state index in [9.17, 15) is 9.81 Å². The molecule has 0 rings (SSSR count). The lowest BCUT2D eigenvalue weighted by Crippen LogP contribution is -2.62. The number of hydroxylamine groups is 2. The van der Waals surface area contributed by atoms with Gasteiger partial charge in [-0.1, -0.05) is 0 Å². The van der Waals surface area contributed by atoms with Gasteiger partial charge in [0.05, 0.1) is 24.8 Å². The Labute approximate surface area is 94.3 Å². The summed E-state index contributed by atoms with van der Waals surface area (Å²) in [5.74, 6) is 0. The van der Waals surface area contributed by atoms with Crippen molar-refractivity contribution in [1.82, 2.24) is 10.3 Å². The first kappa shape index (κ1) is 14.7. The highest BCUT2D eigenvalue weighted by Crippen LogP contribution is 2.33. The third kappa shape index (κ3) is 2.27. The van der Waals surface area contributed by atoms with Gasteiger partial charge in [-0.3, -0.25) is 9.68 Å². The average molecular weight is 234 g/mol. The minimum atomic E-state index is -0.923. The van der Waals surface area contributed by atoms with Gasteiger partial charge in [-0.2, -0.15) is 0 Å². The van der Waals surface area contributed by atoms with E-state index in [-0.39, 0.29) is 0 Å². The van der Waals surface area contributed by atoms with Gasteiger partial charge in [0.15, 0.2) is 0 Å². The van der Waals surface area contributed by atoms with Crippen molar-refractivity contribution in [2.75, 3.05) is 14.2 Å². The van der Waals surface area contributed by atoms with E-state index in [4.69, 9.17) is 9.68 Å². The van der Waals surface area contributed by atoms with E-state index in [1.54, 1.807) is 27.7 Å². The predicted octanol–water partition coefficient (Wildman–Crippen LogP) is 1.63. The third-order valence-corrected chi connectivity index (χ3v) is 2.95. The molecule has 8 nitrogen and oxygen atoms in total. The first-order valence-corrected chi connectivity index (χ1v) is 4.64. The summed E-state index contributed by atoms with van der Waals surface area (Å²) in [6.07, 6.45) is 0. The molecule has 0 aliphatic heterocycles. The Morgan fingerprint density at radius 2 is 1.06 bits per heavy atom. The van der Waals surface area contributed by atoms with Gasteiger partial charge in [-0.05, 0) is 27.7 Å². The molecule has 0 aliphatic carbocycles. The Balaban J connectivity index is 5.23. The molecule has 0 amide bonds. The maximum atomic E-state index is 10.6. The molecule has 0 heterocycles. The van der Waals surface area contributed by atoms with Crippen LogP contribution in [0.15, 0.2) is 10.6 Å². The molecule has 0 aromatic rings. The number of rotatable bonds is 7. The van der Waals surface area contributed by atoms with Crippen molar-refractivity contribution >= 4 is 0 Å². The lowest BCUT2D eigenvalue weighted by Gasteiger charge is -2.46. The second-order valence-electron chi connectivity index (χ2n) is 4.19. The van der Waals surface area contributed by atoms with Crippen LogP contribution in [-0.4, -0.2) is 35.6 Å². The second kappa shape index (κ2) is 5.17. The summed E-state index contributed by atoms with van der Waals surface area (Å²) in [7, 11) is 2.62. The Kier molecular flexibility index (Phi) is 4.76. The van der Waals surface area contributed by atoms with Crippen molar-refractivity contribution < 1.29 is 9.68 Å². The van der Waals surface area contributed by atoms with Crippen LogP contribution in [0.3, 0.4) is 0 Å². The standard InChI is InChI=1S/C8H18N4O4/c1-7(2,11(9-13)15-5)8(3,4)12(10-14)16-6/h1-6H3. The minimum absolute atomic E-state index is 0.851. The van der Waals surface area contributed by atoms with Gasteiger partial charge in [-0.25, -0.2) is 0 Å². The molecule has 0 saturated heterocycles.